The fourth-order valence-electron chi connectivity index (χ4n) is 1.53. The van der Waals surface area contributed by atoms with Crippen LogP contribution in [-0.4, -0.2) is 23.6 Å². The topological polar surface area (TPSA) is 75.7 Å². The molecule has 1 N–H and O–H groups in total. The van der Waals surface area contributed by atoms with Gasteiger partial charge in [0.1, 0.15) is 21.6 Å². The fraction of sp³-hybridized carbons (Fsp3) is 0.200. The highest BCUT2D eigenvalue weighted by Crippen LogP contribution is 2.24. The number of aromatic amines is 1. The predicted octanol–water partition coefficient (Wildman–Crippen LogP) is 1.54. The van der Waals surface area contributed by atoms with Gasteiger partial charge in [0.05, 0.1) is 11.4 Å². The van der Waals surface area contributed by atoms with Gasteiger partial charge in [0.15, 0.2) is 0 Å². The summed E-state index contributed by atoms with van der Waals surface area (Å²) in [7, 11) is -2.51. The maximum absolute atomic E-state index is 10.8. The van der Waals surface area contributed by atoms with Crippen molar-refractivity contribution in [3.8, 4) is 11.4 Å². The molecule has 7 heteroatoms. The molecule has 0 unspecified atom stereocenters. The fourth-order valence-corrected chi connectivity index (χ4v) is 2.21. The average molecular weight is 272 g/mol. The standard InChI is InChI=1S/C10H10ClN3O2S/c1-6-4-12-14-9(6)10-7(5-17(15)16)2-3-8(11)13-10/h2-4,17H,5H2,1H3,(H,12,14). The molecule has 0 saturated carbocycles. The van der Waals surface area contributed by atoms with Crippen molar-refractivity contribution < 1.29 is 8.42 Å². The van der Waals surface area contributed by atoms with Crippen LogP contribution in [0.3, 0.4) is 0 Å². The molecule has 0 bridgehead atoms. The van der Waals surface area contributed by atoms with E-state index in [9.17, 15) is 8.42 Å². The zero-order valence-corrected chi connectivity index (χ0v) is 10.6. The first-order chi connectivity index (χ1) is 8.08. The molecule has 2 heterocycles. The molecular formula is C10H10ClN3O2S. The molecule has 0 aliphatic carbocycles. The third-order valence-electron chi connectivity index (χ3n) is 2.30. The van der Waals surface area contributed by atoms with E-state index in [1.54, 1.807) is 18.3 Å². The van der Waals surface area contributed by atoms with Crippen molar-refractivity contribution in [2.24, 2.45) is 0 Å². The van der Waals surface area contributed by atoms with Gasteiger partial charge in [0.25, 0.3) is 0 Å². The zero-order chi connectivity index (χ0) is 12.4. The lowest BCUT2D eigenvalue weighted by atomic mass is 10.1. The molecule has 0 amide bonds. The van der Waals surface area contributed by atoms with E-state index in [0.717, 1.165) is 5.56 Å². The minimum absolute atomic E-state index is 0.0683. The Morgan fingerprint density at radius 1 is 1.35 bits per heavy atom. The second kappa shape index (κ2) is 4.85. The summed E-state index contributed by atoms with van der Waals surface area (Å²) in [5, 5.41) is 7.08. The normalized spacial score (nSPS) is 11.0. The molecule has 0 atom stereocenters. The highest BCUT2D eigenvalue weighted by atomic mass is 35.5. The molecule has 0 saturated heterocycles. The smallest absolute Gasteiger partial charge is 0.144 e. The van der Waals surface area contributed by atoms with Gasteiger partial charge >= 0.3 is 0 Å². The van der Waals surface area contributed by atoms with Crippen LogP contribution in [-0.2, 0) is 16.5 Å². The minimum atomic E-state index is -2.51. The first kappa shape index (κ1) is 12.1. The highest BCUT2D eigenvalue weighted by molar-refractivity contribution is 7.71. The quantitative estimate of drug-likeness (QED) is 0.656. The molecule has 90 valence electrons. The molecule has 0 aliphatic heterocycles. The first-order valence-electron chi connectivity index (χ1n) is 4.86. The van der Waals surface area contributed by atoms with Crippen LogP contribution < -0.4 is 0 Å². The van der Waals surface area contributed by atoms with E-state index in [4.69, 9.17) is 11.6 Å². The van der Waals surface area contributed by atoms with E-state index >= 15 is 0 Å². The van der Waals surface area contributed by atoms with E-state index < -0.39 is 10.7 Å². The van der Waals surface area contributed by atoms with E-state index in [-0.39, 0.29) is 5.75 Å². The lowest BCUT2D eigenvalue weighted by Crippen LogP contribution is -1.96. The summed E-state index contributed by atoms with van der Waals surface area (Å²) < 4.78 is 21.6. The van der Waals surface area contributed by atoms with Crippen molar-refractivity contribution in [3.05, 3.63) is 34.6 Å². The van der Waals surface area contributed by atoms with Gasteiger partial charge in [-0.2, -0.15) is 5.10 Å². The van der Waals surface area contributed by atoms with E-state index in [2.05, 4.69) is 15.2 Å². The predicted molar refractivity (Wildman–Crippen MR) is 65.6 cm³/mol. The van der Waals surface area contributed by atoms with Crippen molar-refractivity contribution in [1.29, 1.82) is 0 Å². The van der Waals surface area contributed by atoms with Crippen LogP contribution in [0.1, 0.15) is 11.1 Å². The van der Waals surface area contributed by atoms with E-state index in [1.807, 2.05) is 6.92 Å². The van der Waals surface area contributed by atoms with Gasteiger partial charge in [-0.05, 0) is 24.1 Å². The van der Waals surface area contributed by atoms with Crippen molar-refractivity contribution in [3.63, 3.8) is 0 Å². The van der Waals surface area contributed by atoms with Crippen molar-refractivity contribution in [1.82, 2.24) is 15.2 Å². The van der Waals surface area contributed by atoms with Crippen LogP contribution >= 0.6 is 11.6 Å². The Kier molecular flexibility index (Phi) is 3.44. The van der Waals surface area contributed by atoms with Gasteiger partial charge in [0, 0.05) is 6.20 Å². The number of rotatable bonds is 3. The number of H-pyrrole nitrogens is 1. The van der Waals surface area contributed by atoms with Crippen molar-refractivity contribution in [2.45, 2.75) is 12.7 Å². The third-order valence-corrected chi connectivity index (χ3v) is 3.11. The maximum atomic E-state index is 10.8. The number of nitrogens with zero attached hydrogens (tertiary/aromatic N) is 2. The van der Waals surface area contributed by atoms with Gasteiger partial charge in [0.2, 0.25) is 0 Å². The van der Waals surface area contributed by atoms with Crippen LogP contribution in [0.2, 0.25) is 5.15 Å². The molecule has 0 fully saturated rings. The second-order valence-electron chi connectivity index (χ2n) is 3.55. The Balaban J connectivity index is 2.58. The Labute approximate surface area is 105 Å². The molecule has 0 radical (unpaired) electrons. The average Bonchev–Trinajstić information content (AvgIpc) is 2.66. The molecule has 2 aromatic heterocycles. The number of hydrogen-bond acceptors (Lipinski definition) is 4. The van der Waals surface area contributed by atoms with Crippen LogP contribution in [0.4, 0.5) is 0 Å². The van der Waals surface area contributed by atoms with E-state index in [0.29, 0.717) is 22.1 Å². The van der Waals surface area contributed by atoms with Gasteiger partial charge < -0.3 is 0 Å². The number of nitrogens with one attached hydrogen (secondary N) is 1. The van der Waals surface area contributed by atoms with Gasteiger partial charge in [-0.1, -0.05) is 17.7 Å². The maximum Gasteiger partial charge on any atom is 0.144 e. The number of thiol groups is 1. The summed E-state index contributed by atoms with van der Waals surface area (Å²) in [6, 6.07) is 3.23. The van der Waals surface area contributed by atoms with Crippen LogP contribution in [0.5, 0.6) is 0 Å². The number of aromatic nitrogens is 3. The zero-order valence-electron chi connectivity index (χ0n) is 8.98. The lowest BCUT2D eigenvalue weighted by Gasteiger charge is -2.04. The molecule has 2 rings (SSSR count). The number of pyridine rings is 1. The summed E-state index contributed by atoms with van der Waals surface area (Å²) in [5.41, 5.74) is 2.62. The van der Waals surface area contributed by atoms with Crippen molar-refractivity contribution in [2.75, 3.05) is 0 Å². The summed E-state index contributed by atoms with van der Waals surface area (Å²) in [4.78, 5) is 4.15. The van der Waals surface area contributed by atoms with Gasteiger partial charge in [-0.3, -0.25) is 5.10 Å². The number of aryl methyl sites for hydroxylation is 1. The van der Waals surface area contributed by atoms with Gasteiger partial charge in [-0.25, -0.2) is 13.4 Å². The Morgan fingerprint density at radius 2 is 2.12 bits per heavy atom. The molecule has 0 aliphatic rings. The molecule has 5 nitrogen and oxygen atoms in total. The minimum Gasteiger partial charge on any atom is -0.285 e. The van der Waals surface area contributed by atoms with Crippen LogP contribution in [0, 0.1) is 6.92 Å². The van der Waals surface area contributed by atoms with E-state index in [1.165, 1.54) is 0 Å². The Morgan fingerprint density at radius 3 is 2.71 bits per heavy atom. The van der Waals surface area contributed by atoms with Crippen LogP contribution in [0.25, 0.3) is 11.4 Å². The lowest BCUT2D eigenvalue weighted by molar-refractivity contribution is 0.614. The molecule has 0 spiro atoms. The second-order valence-corrected chi connectivity index (χ2v) is 4.92. The van der Waals surface area contributed by atoms with Gasteiger partial charge in [-0.15, -0.1) is 0 Å². The largest absolute Gasteiger partial charge is 0.285 e. The third kappa shape index (κ3) is 2.65. The number of halogens is 1. The monoisotopic (exact) mass is 271 g/mol. The molecule has 17 heavy (non-hydrogen) atoms. The van der Waals surface area contributed by atoms with Crippen LogP contribution in [0.15, 0.2) is 18.3 Å². The Bertz CT molecular complexity index is 614. The summed E-state index contributed by atoms with van der Waals surface area (Å²) >= 11 is 5.82. The SMILES string of the molecule is Cc1c[nH]nc1-c1nc(Cl)ccc1C[SH](=O)=O. The summed E-state index contributed by atoms with van der Waals surface area (Å²) in [6.45, 7) is 1.86. The molecule has 0 aromatic carbocycles. The summed E-state index contributed by atoms with van der Waals surface area (Å²) in [5.74, 6) is -0.0683. The Hall–Kier alpha value is -1.40. The molecule has 2 aromatic rings. The number of hydrogen-bond donors (Lipinski definition) is 2. The summed E-state index contributed by atoms with van der Waals surface area (Å²) in [6.07, 6.45) is 1.72. The molecular weight excluding hydrogens is 262 g/mol. The van der Waals surface area contributed by atoms with Crippen molar-refractivity contribution >= 4 is 22.3 Å². The highest BCUT2D eigenvalue weighted by Gasteiger charge is 2.13. The first-order valence-corrected chi connectivity index (χ1v) is 6.60.